The fraction of sp³-hybridized carbons (Fsp3) is 0.333. The van der Waals surface area contributed by atoms with E-state index >= 15 is 0 Å². The maximum atomic E-state index is 8.70. The smallest absolute Gasteiger partial charge is 0.0991 e. The molecule has 1 aromatic heterocycles. The molecule has 0 aliphatic carbocycles. The summed E-state index contributed by atoms with van der Waals surface area (Å²) in [6, 6.07) is 9.58. The Morgan fingerprint density at radius 1 is 1.32 bits per heavy atom. The van der Waals surface area contributed by atoms with Crippen molar-refractivity contribution in [1.29, 1.82) is 5.26 Å². The van der Waals surface area contributed by atoms with E-state index in [0.717, 1.165) is 29.8 Å². The van der Waals surface area contributed by atoms with E-state index in [4.69, 9.17) is 10.00 Å². The average Bonchev–Trinajstić information content (AvgIpc) is 2.85. The van der Waals surface area contributed by atoms with Crippen LogP contribution < -0.4 is 0 Å². The van der Waals surface area contributed by atoms with E-state index in [9.17, 15) is 0 Å². The van der Waals surface area contributed by atoms with Crippen molar-refractivity contribution in [3.8, 4) is 6.07 Å². The minimum absolute atomic E-state index is 0.589. The monoisotopic (exact) mass is 255 g/mol. The predicted molar refractivity (Wildman–Crippen MR) is 72.5 cm³/mol. The van der Waals surface area contributed by atoms with Crippen molar-refractivity contribution in [1.82, 2.24) is 9.97 Å². The highest BCUT2D eigenvalue weighted by atomic mass is 16.5. The van der Waals surface area contributed by atoms with Gasteiger partial charge in [0.25, 0.3) is 0 Å². The van der Waals surface area contributed by atoms with Gasteiger partial charge in [0.1, 0.15) is 0 Å². The van der Waals surface area contributed by atoms with Crippen LogP contribution in [0.15, 0.2) is 30.6 Å². The summed E-state index contributed by atoms with van der Waals surface area (Å²) in [5, 5.41) is 8.70. The molecule has 0 atom stereocenters. The van der Waals surface area contributed by atoms with Crippen molar-refractivity contribution in [2.75, 3.05) is 6.61 Å². The Bertz CT molecular complexity index is 552. The number of hydrogen-bond acceptors (Lipinski definition) is 3. The van der Waals surface area contributed by atoms with Gasteiger partial charge in [-0.1, -0.05) is 12.1 Å². The number of nitriles is 1. The Kier molecular flexibility index (Phi) is 4.71. The highest BCUT2D eigenvalue weighted by molar-refractivity contribution is 5.31. The molecule has 0 unspecified atom stereocenters. The molecule has 0 bridgehead atoms. The Labute approximate surface area is 113 Å². The third-order valence-electron chi connectivity index (χ3n) is 2.99. The van der Waals surface area contributed by atoms with E-state index in [1.54, 1.807) is 6.33 Å². The van der Waals surface area contributed by atoms with Crippen LogP contribution in [0.5, 0.6) is 0 Å². The molecule has 0 spiro atoms. The first-order valence-corrected chi connectivity index (χ1v) is 6.35. The van der Waals surface area contributed by atoms with Crippen molar-refractivity contribution in [2.45, 2.75) is 26.4 Å². The van der Waals surface area contributed by atoms with Gasteiger partial charge in [0.2, 0.25) is 0 Å². The first-order valence-electron chi connectivity index (χ1n) is 6.35. The number of ether oxygens (including phenoxy) is 1. The molecule has 98 valence electrons. The van der Waals surface area contributed by atoms with Crippen molar-refractivity contribution in [2.24, 2.45) is 0 Å². The Balaban J connectivity index is 1.66. The van der Waals surface area contributed by atoms with Crippen LogP contribution in [-0.2, 0) is 17.8 Å². The molecule has 4 heteroatoms. The first-order chi connectivity index (χ1) is 9.29. The highest BCUT2D eigenvalue weighted by Crippen LogP contribution is 2.07. The topological polar surface area (TPSA) is 61.7 Å². The number of aryl methyl sites for hydroxylation is 2. The number of rotatable bonds is 6. The maximum Gasteiger partial charge on any atom is 0.0991 e. The van der Waals surface area contributed by atoms with Gasteiger partial charge in [-0.2, -0.15) is 5.26 Å². The van der Waals surface area contributed by atoms with E-state index in [0.29, 0.717) is 18.8 Å². The van der Waals surface area contributed by atoms with Crippen molar-refractivity contribution < 1.29 is 4.74 Å². The normalized spacial score (nSPS) is 10.3. The van der Waals surface area contributed by atoms with Gasteiger partial charge >= 0.3 is 0 Å². The molecule has 2 rings (SSSR count). The number of hydrogen-bond donors (Lipinski definition) is 1. The third-order valence-corrected chi connectivity index (χ3v) is 2.99. The first kappa shape index (κ1) is 13.3. The number of benzene rings is 1. The number of aromatic amines is 1. The number of H-pyrrole nitrogens is 1. The summed E-state index contributed by atoms with van der Waals surface area (Å²) in [5.41, 5.74) is 4.02. The zero-order valence-electron chi connectivity index (χ0n) is 11.0. The lowest BCUT2D eigenvalue weighted by molar-refractivity contribution is 0.118. The van der Waals surface area contributed by atoms with Crippen molar-refractivity contribution in [3.05, 3.63) is 53.1 Å². The summed E-state index contributed by atoms with van der Waals surface area (Å²) in [6.45, 7) is 3.33. The number of nitrogens with zero attached hydrogens (tertiary/aromatic N) is 2. The summed E-state index contributed by atoms with van der Waals surface area (Å²) < 4.78 is 5.61. The molecule has 0 radical (unpaired) electrons. The molecule has 0 aliphatic rings. The molecular weight excluding hydrogens is 238 g/mol. The number of aromatic nitrogens is 2. The van der Waals surface area contributed by atoms with E-state index in [1.165, 1.54) is 0 Å². The van der Waals surface area contributed by atoms with Crippen LogP contribution in [0.1, 0.15) is 28.9 Å². The highest BCUT2D eigenvalue weighted by Gasteiger charge is 2.00. The molecular formula is C15H17N3O. The van der Waals surface area contributed by atoms with E-state index in [1.807, 2.05) is 31.2 Å². The van der Waals surface area contributed by atoms with E-state index in [2.05, 4.69) is 16.0 Å². The second-order valence-electron chi connectivity index (χ2n) is 4.44. The fourth-order valence-electron chi connectivity index (χ4n) is 1.85. The van der Waals surface area contributed by atoms with E-state index < -0.39 is 0 Å². The van der Waals surface area contributed by atoms with Crippen LogP contribution >= 0.6 is 0 Å². The second-order valence-corrected chi connectivity index (χ2v) is 4.44. The summed E-state index contributed by atoms with van der Waals surface area (Å²) >= 11 is 0. The minimum atomic E-state index is 0.589. The minimum Gasteiger partial charge on any atom is -0.377 e. The molecule has 2 aromatic rings. The van der Waals surface area contributed by atoms with Crippen LogP contribution in [0.3, 0.4) is 0 Å². The molecule has 1 heterocycles. The van der Waals surface area contributed by atoms with Crippen LogP contribution in [0.25, 0.3) is 0 Å². The van der Waals surface area contributed by atoms with Crippen LogP contribution in [0.4, 0.5) is 0 Å². The van der Waals surface area contributed by atoms with Crippen LogP contribution in [0.2, 0.25) is 0 Å². The van der Waals surface area contributed by atoms with Crippen LogP contribution in [0, 0.1) is 18.3 Å². The summed E-state index contributed by atoms with van der Waals surface area (Å²) in [6.07, 6.45) is 3.62. The van der Waals surface area contributed by atoms with Gasteiger partial charge in [0.05, 0.1) is 30.3 Å². The van der Waals surface area contributed by atoms with Gasteiger partial charge in [-0.3, -0.25) is 0 Å². The summed E-state index contributed by atoms with van der Waals surface area (Å²) in [7, 11) is 0. The molecule has 1 N–H and O–H groups in total. The molecule has 0 amide bonds. The van der Waals surface area contributed by atoms with E-state index in [-0.39, 0.29) is 0 Å². The Morgan fingerprint density at radius 2 is 2.11 bits per heavy atom. The van der Waals surface area contributed by atoms with Gasteiger partial charge in [-0.05, 0) is 37.5 Å². The SMILES string of the molecule is Cc1[nH]cnc1CCCOCc1ccc(C#N)cc1. The van der Waals surface area contributed by atoms with Gasteiger partial charge in [-0.25, -0.2) is 4.98 Å². The molecule has 0 aliphatic heterocycles. The molecule has 0 fully saturated rings. The predicted octanol–water partition coefficient (Wildman–Crippen LogP) is 2.74. The lowest BCUT2D eigenvalue weighted by Gasteiger charge is -2.04. The zero-order valence-corrected chi connectivity index (χ0v) is 11.0. The maximum absolute atomic E-state index is 8.70. The van der Waals surface area contributed by atoms with Gasteiger partial charge in [0.15, 0.2) is 0 Å². The summed E-state index contributed by atoms with van der Waals surface area (Å²) in [5.74, 6) is 0. The Morgan fingerprint density at radius 3 is 2.74 bits per heavy atom. The molecule has 1 aromatic carbocycles. The fourth-order valence-corrected chi connectivity index (χ4v) is 1.85. The van der Waals surface area contributed by atoms with Gasteiger partial charge in [0, 0.05) is 12.3 Å². The Hall–Kier alpha value is -2.12. The lowest BCUT2D eigenvalue weighted by atomic mass is 10.1. The van der Waals surface area contributed by atoms with Crippen molar-refractivity contribution >= 4 is 0 Å². The van der Waals surface area contributed by atoms with Gasteiger partial charge < -0.3 is 9.72 Å². The standard InChI is InChI=1S/C15H17N3O/c1-12-15(18-11-17-12)3-2-8-19-10-14-6-4-13(9-16)5-7-14/h4-7,11H,2-3,8,10H2,1H3,(H,17,18). The number of nitrogens with one attached hydrogen (secondary N) is 1. The lowest BCUT2D eigenvalue weighted by Crippen LogP contribution is -1.98. The molecule has 19 heavy (non-hydrogen) atoms. The second kappa shape index (κ2) is 6.72. The average molecular weight is 255 g/mol. The summed E-state index contributed by atoms with van der Waals surface area (Å²) in [4.78, 5) is 7.32. The molecule has 0 saturated carbocycles. The molecule has 0 saturated heterocycles. The molecule has 4 nitrogen and oxygen atoms in total. The largest absolute Gasteiger partial charge is 0.377 e. The zero-order chi connectivity index (χ0) is 13.5. The van der Waals surface area contributed by atoms with Crippen LogP contribution in [-0.4, -0.2) is 16.6 Å². The van der Waals surface area contributed by atoms with Crippen molar-refractivity contribution in [3.63, 3.8) is 0 Å². The number of imidazole rings is 1. The third kappa shape index (κ3) is 3.94. The quantitative estimate of drug-likeness (QED) is 0.807. The van der Waals surface area contributed by atoms with Gasteiger partial charge in [-0.15, -0.1) is 0 Å².